The second-order valence-corrected chi connectivity index (χ2v) is 14.1. The van der Waals surface area contributed by atoms with E-state index in [1.165, 1.54) is 11.0 Å². The number of piperazine rings is 1. The van der Waals surface area contributed by atoms with Crippen LogP contribution >= 0.6 is 0 Å². The molecule has 3 atom stereocenters. The summed E-state index contributed by atoms with van der Waals surface area (Å²) in [6.45, 7) is 6.38. The molecule has 3 amide bonds. The van der Waals surface area contributed by atoms with E-state index in [1.54, 1.807) is 63.1 Å². The summed E-state index contributed by atoms with van der Waals surface area (Å²) in [5.41, 5.74) is 2.27. The molecule has 0 spiro atoms. The summed E-state index contributed by atoms with van der Waals surface area (Å²) in [7, 11) is 1.62. The number of ketones is 2. The molecule has 1 fully saturated rings. The highest BCUT2D eigenvalue weighted by Gasteiger charge is 2.33. The van der Waals surface area contributed by atoms with Crippen molar-refractivity contribution in [1.82, 2.24) is 15.5 Å². The largest absolute Gasteiger partial charge is 0.478 e. The molecule has 14 nitrogen and oxygen atoms in total. The average Bonchev–Trinajstić information content (AvgIpc) is 3.19. The molecule has 0 saturated carbocycles. The molecule has 3 aromatic rings. The highest BCUT2D eigenvalue weighted by Crippen LogP contribution is 2.34. The number of aliphatic carboxylic acids is 1. The Labute approximate surface area is 324 Å². The number of hydrogen-bond acceptors (Lipinski definition) is 10. The maximum Gasteiger partial charge on any atom is 0.410 e. The number of likely N-dealkylation sites (N-methyl/N-ethyl adjacent to an activating group) is 1. The zero-order chi connectivity index (χ0) is 40.5. The molecule has 15 heteroatoms. The van der Waals surface area contributed by atoms with Crippen LogP contribution in [0.25, 0.3) is 0 Å². The molecule has 296 valence electrons. The van der Waals surface area contributed by atoms with E-state index in [9.17, 15) is 33.9 Å². The molecule has 56 heavy (non-hydrogen) atoms. The van der Waals surface area contributed by atoms with Crippen molar-refractivity contribution in [3.05, 3.63) is 106 Å². The van der Waals surface area contributed by atoms with Crippen molar-refractivity contribution in [3.8, 4) is 0 Å². The van der Waals surface area contributed by atoms with Crippen molar-refractivity contribution in [2.45, 2.75) is 52.5 Å². The summed E-state index contributed by atoms with van der Waals surface area (Å²) in [5.74, 6) is -4.37. The van der Waals surface area contributed by atoms with Gasteiger partial charge in [-0.05, 0) is 60.0 Å². The van der Waals surface area contributed by atoms with Gasteiger partial charge in [0.05, 0.1) is 17.8 Å². The van der Waals surface area contributed by atoms with E-state index >= 15 is 4.39 Å². The van der Waals surface area contributed by atoms with Crippen molar-refractivity contribution in [3.63, 3.8) is 0 Å². The van der Waals surface area contributed by atoms with E-state index in [4.69, 9.17) is 9.47 Å². The Morgan fingerprint density at radius 1 is 0.893 bits per heavy atom. The third kappa shape index (κ3) is 10.2. The molecule has 1 aliphatic carbocycles. The fourth-order valence-electron chi connectivity index (χ4n) is 6.51. The monoisotopic (exact) mass is 771 g/mol. The lowest BCUT2D eigenvalue weighted by atomic mass is 9.86. The number of Topliss-reactive ketones (excluding diaryl/α,β-unsaturated/α-hetero) is 2. The summed E-state index contributed by atoms with van der Waals surface area (Å²) >= 11 is 0. The number of carbonyl (C=O) groups excluding carboxylic acids is 5. The summed E-state index contributed by atoms with van der Waals surface area (Å²) in [6, 6.07) is 17.1. The van der Waals surface area contributed by atoms with Crippen LogP contribution in [0, 0.1) is 17.7 Å². The molecule has 2 aliphatic rings. The third-order valence-corrected chi connectivity index (χ3v) is 9.73. The molecule has 4 N–H and O–H groups in total. The number of amides is 3. The van der Waals surface area contributed by atoms with Crippen LogP contribution in [-0.4, -0.2) is 84.9 Å². The van der Waals surface area contributed by atoms with E-state index in [-0.39, 0.29) is 61.6 Å². The van der Waals surface area contributed by atoms with Crippen LogP contribution in [0.5, 0.6) is 0 Å². The second-order valence-electron chi connectivity index (χ2n) is 14.1. The SMILES string of the molecule is CNC1C=C(C(=O)O)C(=O)c2cc(F)c(N3CCN(C(=O)OCc4ccc(NC(=O)[C@@H](C)CC(=O)C(NC(=O)OCc5ccccc5)C(C)C)cc4)CC3)cc21. The molecule has 1 aliphatic heterocycles. The number of anilines is 2. The van der Waals surface area contributed by atoms with Crippen molar-refractivity contribution in [2.24, 2.45) is 11.8 Å². The molecule has 3 aromatic carbocycles. The Kier molecular flexibility index (Phi) is 13.6. The number of halogens is 1. The highest BCUT2D eigenvalue weighted by atomic mass is 19.1. The zero-order valence-electron chi connectivity index (χ0n) is 31.7. The number of carboxylic acids is 1. The standard InChI is InChI=1S/C41H46FN5O9/c1-24(2)36(45-40(53)55-22-26-8-6-5-7-9-26)35(48)18-25(3)38(50)44-28-12-10-27(11-13-28)23-56-41(54)47-16-14-46(15-17-47)34-21-29-30(19-32(34)42)37(49)31(39(51)52)20-33(29)43-4/h5-13,19-21,24-25,33,36,43H,14-18,22-23H2,1-4H3,(H,44,50)(H,45,53)(H,51,52)/t25-,33?,36?/m0/s1. The van der Waals surface area contributed by atoms with Crippen LogP contribution in [0.4, 0.5) is 25.4 Å². The quantitative estimate of drug-likeness (QED) is 0.157. The maximum atomic E-state index is 15.3. The van der Waals surface area contributed by atoms with E-state index in [1.807, 2.05) is 30.3 Å². The van der Waals surface area contributed by atoms with Crippen LogP contribution < -0.4 is 20.9 Å². The number of carboxylic acid groups (broad SMARTS) is 1. The van der Waals surface area contributed by atoms with Gasteiger partial charge in [-0.25, -0.2) is 18.8 Å². The first-order chi connectivity index (χ1) is 26.7. The lowest BCUT2D eigenvalue weighted by molar-refractivity contribution is -0.132. The second kappa shape index (κ2) is 18.5. The summed E-state index contributed by atoms with van der Waals surface area (Å²) in [5, 5.41) is 17.8. The summed E-state index contributed by atoms with van der Waals surface area (Å²) < 4.78 is 26.0. The van der Waals surface area contributed by atoms with Gasteiger partial charge >= 0.3 is 18.2 Å². The van der Waals surface area contributed by atoms with Gasteiger partial charge in [0.2, 0.25) is 11.7 Å². The highest BCUT2D eigenvalue weighted by molar-refractivity contribution is 6.25. The van der Waals surface area contributed by atoms with E-state index < -0.39 is 53.3 Å². The summed E-state index contributed by atoms with van der Waals surface area (Å²) in [4.78, 5) is 78.9. The number of rotatable bonds is 14. The van der Waals surface area contributed by atoms with Crippen LogP contribution in [-0.2, 0) is 37.1 Å². The number of carbonyl (C=O) groups is 6. The molecular formula is C41H46FN5O9. The van der Waals surface area contributed by atoms with Gasteiger partial charge in [0, 0.05) is 49.8 Å². The Morgan fingerprint density at radius 3 is 2.16 bits per heavy atom. The first kappa shape index (κ1) is 41.1. The van der Waals surface area contributed by atoms with Gasteiger partial charge in [0.1, 0.15) is 24.6 Å². The van der Waals surface area contributed by atoms with Crippen LogP contribution in [0.2, 0.25) is 0 Å². The Hall–Kier alpha value is -6.09. The Bertz CT molecular complexity index is 1980. The van der Waals surface area contributed by atoms with Crippen molar-refractivity contribution in [2.75, 3.05) is 43.4 Å². The minimum Gasteiger partial charge on any atom is -0.478 e. The molecule has 0 radical (unpaired) electrons. The molecule has 0 aromatic heterocycles. The zero-order valence-corrected chi connectivity index (χ0v) is 31.7. The summed E-state index contributed by atoms with van der Waals surface area (Å²) in [6.07, 6.45) is -0.0384. The minimum atomic E-state index is -1.38. The number of benzene rings is 3. The van der Waals surface area contributed by atoms with Crippen molar-refractivity contribution >= 4 is 47.0 Å². The van der Waals surface area contributed by atoms with Gasteiger partial charge < -0.3 is 40.3 Å². The van der Waals surface area contributed by atoms with Gasteiger partial charge in [-0.3, -0.25) is 14.4 Å². The molecule has 5 rings (SSSR count). The lowest BCUT2D eigenvalue weighted by Crippen LogP contribution is -2.49. The number of nitrogens with zero attached hydrogens (tertiary/aromatic N) is 2. The van der Waals surface area contributed by atoms with Gasteiger partial charge in [-0.1, -0.05) is 63.2 Å². The van der Waals surface area contributed by atoms with Gasteiger partial charge in [-0.15, -0.1) is 0 Å². The third-order valence-electron chi connectivity index (χ3n) is 9.73. The van der Waals surface area contributed by atoms with Crippen LogP contribution in [0.15, 0.2) is 78.4 Å². The molecule has 0 bridgehead atoms. The number of nitrogens with one attached hydrogen (secondary N) is 3. The smallest absolute Gasteiger partial charge is 0.410 e. The topological polar surface area (TPSA) is 184 Å². The van der Waals surface area contributed by atoms with Crippen LogP contribution in [0.1, 0.15) is 60.3 Å². The van der Waals surface area contributed by atoms with E-state index in [0.29, 0.717) is 29.9 Å². The predicted octanol–water partition coefficient (Wildman–Crippen LogP) is 5.24. The molecule has 2 unspecified atom stereocenters. The van der Waals surface area contributed by atoms with Crippen molar-refractivity contribution < 1.29 is 47.7 Å². The Morgan fingerprint density at radius 2 is 1.54 bits per heavy atom. The lowest BCUT2D eigenvalue weighted by Gasteiger charge is -2.36. The van der Waals surface area contributed by atoms with Gasteiger partial charge in [-0.2, -0.15) is 0 Å². The van der Waals surface area contributed by atoms with Gasteiger partial charge in [0.15, 0.2) is 5.78 Å². The first-order valence-electron chi connectivity index (χ1n) is 18.3. The minimum absolute atomic E-state index is 0.00524. The van der Waals surface area contributed by atoms with E-state index in [0.717, 1.165) is 11.6 Å². The van der Waals surface area contributed by atoms with Crippen LogP contribution in [0.3, 0.4) is 0 Å². The maximum absolute atomic E-state index is 15.3. The number of fused-ring (bicyclic) bond motifs is 1. The fourth-order valence-corrected chi connectivity index (χ4v) is 6.51. The number of hydrogen-bond donors (Lipinski definition) is 4. The normalized spacial score (nSPS) is 16.3. The molecule has 1 saturated heterocycles. The predicted molar refractivity (Wildman–Crippen MR) is 204 cm³/mol. The average molecular weight is 772 g/mol. The van der Waals surface area contributed by atoms with E-state index in [2.05, 4.69) is 16.0 Å². The first-order valence-corrected chi connectivity index (χ1v) is 18.3. The number of ether oxygens (including phenoxy) is 2. The van der Waals surface area contributed by atoms with Gasteiger partial charge in [0.25, 0.3) is 0 Å². The number of alkyl carbamates (subject to hydrolysis) is 1. The molecular weight excluding hydrogens is 725 g/mol. The molecule has 1 heterocycles. The Balaban J connectivity index is 1.06. The van der Waals surface area contributed by atoms with Crippen molar-refractivity contribution in [1.29, 1.82) is 0 Å². The fraction of sp³-hybridized carbons (Fsp3) is 0.366.